The lowest BCUT2D eigenvalue weighted by molar-refractivity contribution is -0.121. The largest absolute Gasteiger partial charge is 0.453 e. The molecular weight excluding hydrogens is 350 g/mol. The third-order valence-corrected chi connectivity index (χ3v) is 5.30. The van der Waals surface area contributed by atoms with E-state index in [0.717, 1.165) is 34.7 Å². The second kappa shape index (κ2) is 8.31. The Hall–Kier alpha value is -2.41. The number of carbonyl (C=O) groups excluding carboxylic acids is 2. The molecule has 1 aromatic carbocycles. The molecular formula is C19H23N3O3S. The lowest BCUT2D eigenvalue weighted by Crippen LogP contribution is -2.46. The van der Waals surface area contributed by atoms with Crippen LogP contribution in [0, 0.1) is 6.92 Å². The van der Waals surface area contributed by atoms with Crippen molar-refractivity contribution in [2.24, 2.45) is 0 Å². The number of amides is 2. The van der Waals surface area contributed by atoms with Crippen LogP contribution in [0.4, 0.5) is 4.79 Å². The second-order valence-electron chi connectivity index (χ2n) is 6.42. The summed E-state index contributed by atoms with van der Waals surface area (Å²) in [6.45, 7) is 3.21. The van der Waals surface area contributed by atoms with Gasteiger partial charge >= 0.3 is 6.09 Å². The van der Waals surface area contributed by atoms with E-state index < -0.39 is 0 Å². The van der Waals surface area contributed by atoms with Crippen molar-refractivity contribution in [3.05, 3.63) is 40.2 Å². The lowest BCUT2D eigenvalue weighted by atomic mass is 10.0. The van der Waals surface area contributed by atoms with E-state index in [2.05, 4.69) is 10.3 Å². The highest BCUT2D eigenvalue weighted by atomic mass is 32.1. The van der Waals surface area contributed by atoms with Crippen LogP contribution >= 0.6 is 11.3 Å². The summed E-state index contributed by atoms with van der Waals surface area (Å²) >= 11 is 1.63. The molecule has 1 fully saturated rings. The monoisotopic (exact) mass is 373 g/mol. The van der Waals surface area contributed by atoms with Crippen molar-refractivity contribution < 1.29 is 14.3 Å². The lowest BCUT2D eigenvalue weighted by Gasteiger charge is -2.31. The van der Waals surface area contributed by atoms with Gasteiger partial charge in [0, 0.05) is 30.1 Å². The van der Waals surface area contributed by atoms with Crippen LogP contribution in [0.5, 0.6) is 0 Å². The van der Waals surface area contributed by atoms with Crippen LogP contribution in [-0.2, 0) is 16.0 Å². The first-order chi connectivity index (χ1) is 12.5. The predicted molar refractivity (Wildman–Crippen MR) is 101 cm³/mol. The SMILES string of the molecule is COC(=O)N1CCC(NC(=O)Cc2ccc(-c3csc(C)n3)cc2)CC1. The third-order valence-electron chi connectivity index (χ3n) is 4.53. The van der Waals surface area contributed by atoms with Crippen molar-refractivity contribution in [3.8, 4) is 11.3 Å². The molecule has 0 atom stereocenters. The van der Waals surface area contributed by atoms with Gasteiger partial charge in [0.15, 0.2) is 0 Å². The Balaban J connectivity index is 1.49. The summed E-state index contributed by atoms with van der Waals surface area (Å²) in [6.07, 6.45) is 1.56. The minimum Gasteiger partial charge on any atom is -0.453 e. The molecule has 138 valence electrons. The van der Waals surface area contributed by atoms with E-state index >= 15 is 0 Å². The van der Waals surface area contributed by atoms with Crippen LogP contribution in [0.15, 0.2) is 29.6 Å². The fraction of sp³-hybridized carbons (Fsp3) is 0.421. The molecule has 1 N–H and O–H groups in total. The molecule has 1 aliphatic heterocycles. The first-order valence-corrected chi connectivity index (χ1v) is 9.57. The zero-order valence-electron chi connectivity index (χ0n) is 15.0. The molecule has 2 heterocycles. The van der Waals surface area contributed by atoms with Crippen LogP contribution in [0.1, 0.15) is 23.4 Å². The van der Waals surface area contributed by atoms with E-state index in [1.807, 2.05) is 36.6 Å². The van der Waals surface area contributed by atoms with Gasteiger partial charge in [0.05, 0.1) is 24.2 Å². The van der Waals surface area contributed by atoms with Gasteiger partial charge in [-0.3, -0.25) is 4.79 Å². The van der Waals surface area contributed by atoms with Gasteiger partial charge in [-0.2, -0.15) is 0 Å². The number of nitrogens with zero attached hydrogens (tertiary/aromatic N) is 2. The Morgan fingerprint density at radius 3 is 2.54 bits per heavy atom. The number of hydrogen-bond acceptors (Lipinski definition) is 5. The molecule has 0 aliphatic carbocycles. The Kier molecular flexibility index (Phi) is 5.88. The number of thiazole rings is 1. The van der Waals surface area contributed by atoms with Crippen molar-refractivity contribution in [3.63, 3.8) is 0 Å². The molecule has 0 bridgehead atoms. The van der Waals surface area contributed by atoms with Crippen molar-refractivity contribution in [2.75, 3.05) is 20.2 Å². The smallest absolute Gasteiger partial charge is 0.409 e. The zero-order valence-corrected chi connectivity index (χ0v) is 15.8. The quantitative estimate of drug-likeness (QED) is 0.894. The molecule has 0 unspecified atom stereocenters. The van der Waals surface area contributed by atoms with E-state index in [4.69, 9.17) is 4.74 Å². The zero-order chi connectivity index (χ0) is 18.5. The van der Waals surface area contributed by atoms with Crippen LogP contribution in [-0.4, -0.2) is 48.1 Å². The maximum atomic E-state index is 12.3. The topological polar surface area (TPSA) is 71.5 Å². The molecule has 2 aromatic rings. The van der Waals surface area contributed by atoms with Gasteiger partial charge in [0.1, 0.15) is 0 Å². The maximum Gasteiger partial charge on any atom is 0.409 e. The summed E-state index contributed by atoms with van der Waals surface area (Å²) in [6, 6.07) is 8.07. The summed E-state index contributed by atoms with van der Waals surface area (Å²) in [7, 11) is 1.39. The van der Waals surface area contributed by atoms with E-state index in [0.29, 0.717) is 19.5 Å². The summed E-state index contributed by atoms with van der Waals surface area (Å²) in [5.41, 5.74) is 3.01. The van der Waals surface area contributed by atoms with Gasteiger partial charge < -0.3 is 15.0 Å². The Labute approximate surface area is 157 Å². The number of likely N-dealkylation sites (tertiary alicyclic amines) is 1. The number of aromatic nitrogens is 1. The maximum absolute atomic E-state index is 12.3. The van der Waals surface area contributed by atoms with Gasteiger partial charge in [-0.1, -0.05) is 24.3 Å². The fourth-order valence-electron chi connectivity index (χ4n) is 3.09. The summed E-state index contributed by atoms with van der Waals surface area (Å²) in [5, 5.41) is 6.15. The highest BCUT2D eigenvalue weighted by Crippen LogP contribution is 2.22. The molecule has 26 heavy (non-hydrogen) atoms. The molecule has 1 aliphatic rings. The van der Waals surface area contributed by atoms with Gasteiger partial charge in [0.2, 0.25) is 5.91 Å². The van der Waals surface area contributed by atoms with Crippen molar-refractivity contribution in [1.82, 2.24) is 15.2 Å². The van der Waals surface area contributed by atoms with Gasteiger partial charge in [-0.05, 0) is 25.3 Å². The number of methoxy groups -OCH3 is 1. The van der Waals surface area contributed by atoms with Crippen LogP contribution in [0.2, 0.25) is 0 Å². The number of rotatable bonds is 4. The predicted octanol–water partition coefficient (Wildman–Crippen LogP) is 3.01. The average Bonchev–Trinajstić information content (AvgIpc) is 3.08. The summed E-state index contributed by atoms with van der Waals surface area (Å²) in [5.74, 6) is 0.0128. The van der Waals surface area contributed by atoms with Gasteiger partial charge in [0.25, 0.3) is 0 Å². The molecule has 2 amide bonds. The van der Waals surface area contributed by atoms with E-state index in [-0.39, 0.29) is 18.0 Å². The second-order valence-corrected chi connectivity index (χ2v) is 7.49. The average molecular weight is 373 g/mol. The first kappa shape index (κ1) is 18.4. The van der Waals surface area contributed by atoms with E-state index in [1.54, 1.807) is 16.2 Å². The van der Waals surface area contributed by atoms with Crippen molar-refractivity contribution in [2.45, 2.75) is 32.2 Å². The molecule has 0 saturated carbocycles. The molecule has 0 spiro atoms. The molecule has 3 rings (SSSR count). The van der Waals surface area contributed by atoms with Crippen LogP contribution < -0.4 is 5.32 Å². The van der Waals surface area contributed by atoms with E-state index in [9.17, 15) is 9.59 Å². The highest BCUT2D eigenvalue weighted by Gasteiger charge is 2.24. The number of nitrogens with one attached hydrogen (secondary N) is 1. The van der Waals surface area contributed by atoms with E-state index in [1.165, 1.54) is 7.11 Å². The molecule has 7 heteroatoms. The molecule has 1 saturated heterocycles. The number of piperidine rings is 1. The number of aryl methyl sites for hydroxylation is 1. The number of ether oxygens (including phenoxy) is 1. The minimum atomic E-state index is -0.301. The first-order valence-electron chi connectivity index (χ1n) is 8.69. The number of benzene rings is 1. The van der Waals surface area contributed by atoms with Crippen molar-refractivity contribution in [1.29, 1.82) is 0 Å². The molecule has 6 nitrogen and oxygen atoms in total. The van der Waals surface area contributed by atoms with Gasteiger partial charge in [-0.25, -0.2) is 9.78 Å². The van der Waals surface area contributed by atoms with Gasteiger partial charge in [-0.15, -0.1) is 11.3 Å². The Bertz CT molecular complexity index is 765. The standard InChI is InChI=1S/C19H23N3O3S/c1-13-20-17(12-26-13)15-5-3-14(4-6-15)11-18(23)21-16-7-9-22(10-8-16)19(24)25-2/h3-6,12,16H,7-11H2,1-2H3,(H,21,23). The molecule has 1 aromatic heterocycles. The Morgan fingerprint density at radius 2 is 1.96 bits per heavy atom. The number of hydrogen-bond donors (Lipinski definition) is 1. The van der Waals surface area contributed by atoms with Crippen LogP contribution in [0.25, 0.3) is 11.3 Å². The third kappa shape index (κ3) is 4.60. The summed E-state index contributed by atoms with van der Waals surface area (Å²) in [4.78, 5) is 29.9. The Morgan fingerprint density at radius 1 is 1.27 bits per heavy atom. The normalized spacial score (nSPS) is 14.9. The molecule has 0 radical (unpaired) electrons. The minimum absolute atomic E-state index is 0.0128. The number of carbonyl (C=O) groups is 2. The summed E-state index contributed by atoms with van der Waals surface area (Å²) < 4.78 is 4.72. The van der Waals surface area contributed by atoms with Crippen molar-refractivity contribution >= 4 is 23.3 Å². The fourth-order valence-corrected chi connectivity index (χ4v) is 3.71. The highest BCUT2D eigenvalue weighted by molar-refractivity contribution is 7.09. The van der Waals surface area contributed by atoms with Crippen LogP contribution in [0.3, 0.4) is 0 Å².